The van der Waals surface area contributed by atoms with Gasteiger partial charge in [0, 0.05) is 10.3 Å². The van der Waals surface area contributed by atoms with Gasteiger partial charge in [0.1, 0.15) is 11.4 Å². The maximum atomic E-state index is 12.8. The third-order valence-corrected chi connectivity index (χ3v) is 6.13. The third kappa shape index (κ3) is 2.79. The molecule has 0 aromatic heterocycles. The normalized spacial score (nSPS) is 25.9. The number of hydrogen-bond acceptors (Lipinski definition) is 5. The van der Waals surface area contributed by atoms with Crippen molar-refractivity contribution in [3.8, 4) is 0 Å². The van der Waals surface area contributed by atoms with Gasteiger partial charge in [-0.05, 0) is 32.4 Å². The number of thioether (sulfide) groups is 1. The van der Waals surface area contributed by atoms with Crippen molar-refractivity contribution >= 4 is 29.5 Å². The SMILES string of the molecule is C[C@@H](O)[C@@H](NC(=O)[C@@H]1N2C(=O)c3ccccc3[C@@H]2SC1(C)C)C(=O)O. The van der Waals surface area contributed by atoms with E-state index in [0.717, 1.165) is 5.56 Å². The van der Waals surface area contributed by atoms with Crippen LogP contribution >= 0.6 is 11.8 Å². The number of aliphatic hydroxyl groups is 1. The molecule has 4 atom stereocenters. The summed E-state index contributed by atoms with van der Waals surface area (Å²) in [5.74, 6) is -2.13. The number of aliphatic carboxylic acids is 1. The van der Waals surface area contributed by atoms with Crippen LogP contribution in [0.4, 0.5) is 0 Å². The molecule has 1 aromatic rings. The fourth-order valence-electron chi connectivity index (χ4n) is 3.43. The molecule has 1 fully saturated rings. The minimum Gasteiger partial charge on any atom is -0.480 e. The molecule has 0 bridgehead atoms. The highest BCUT2D eigenvalue weighted by molar-refractivity contribution is 8.01. The largest absolute Gasteiger partial charge is 0.480 e. The first kappa shape index (κ1) is 17.8. The van der Waals surface area contributed by atoms with Gasteiger partial charge in [0.15, 0.2) is 6.04 Å². The van der Waals surface area contributed by atoms with Crippen LogP contribution in [-0.2, 0) is 9.59 Å². The molecule has 8 heteroatoms. The lowest BCUT2D eigenvalue weighted by atomic mass is 10.00. The van der Waals surface area contributed by atoms with Crippen molar-refractivity contribution in [2.75, 3.05) is 0 Å². The van der Waals surface area contributed by atoms with Crippen LogP contribution in [0.15, 0.2) is 24.3 Å². The molecule has 2 amide bonds. The molecule has 2 heterocycles. The standard InChI is InChI=1S/C17H20N2O5S/c1-8(20)11(16(23)24)18-13(21)12-17(2,3)25-15-10-7-5-4-6-9(10)14(22)19(12)15/h4-8,11-12,15,20H,1-3H3,(H,18,21)(H,23,24)/t8-,11-,12+,15+/m1/s1. The van der Waals surface area contributed by atoms with Crippen molar-refractivity contribution in [1.82, 2.24) is 10.2 Å². The van der Waals surface area contributed by atoms with Gasteiger partial charge in [0.2, 0.25) is 5.91 Å². The van der Waals surface area contributed by atoms with E-state index in [-0.39, 0.29) is 11.3 Å². The Balaban J connectivity index is 1.93. The average Bonchev–Trinajstić information content (AvgIpc) is 2.95. The van der Waals surface area contributed by atoms with Gasteiger partial charge in [0.05, 0.1) is 6.10 Å². The number of nitrogens with one attached hydrogen (secondary N) is 1. The van der Waals surface area contributed by atoms with Crippen LogP contribution < -0.4 is 5.32 Å². The number of rotatable bonds is 4. The molecule has 3 rings (SSSR count). The van der Waals surface area contributed by atoms with Crippen LogP contribution in [-0.4, -0.2) is 55.8 Å². The van der Waals surface area contributed by atoms with Crippen LogP contribution in [0.5, 0.6) is 0 Å². The van der Waals surface area contributed by atoms with Crippen molar-refractivity contribution < 1.29 is 24.6 Å². The monoisotopic (exact) mass is 364 g/mol. The summed E-state index contributed by atoms with van der Waals surface area (Å²) in [4.78, 5) is 38.4. The maximum absolute atomic E-state index is 12.8. The van der Waals surface area contributed by atoms with Gasteiger partial charge in [-0.3, -0.25) is 9.59 Å². The van der Waals surface area contributed by atoms with Gasteiger partial charge < -0.3 is 20.4 Å². The van der Waals surface area contributed by atoms with E-state index in [0.29, 0.717) is 5.56 Å². The lowest BCUT2D eigenvalue weighted by molar-refractivity contribution is -0.145. The zero-order chi connectivity index (χ0) is 18.5. The summed E-state index contributed by atoms with van der Waals surface area (Å²) in [6.07, 6.45) is -1.25. The van der Waals surface area contributed by atoms with E-state index in [4.69, 9.17) is 0 Å². The predicted molar refractivity (Wildman–Crippen MR) is 92.1 cm³/mol. The molecule has 0 spiro atoms. The lowest BCUT2D eigenvalue weighted by Gasteiger charge is -2.31. The summed E-state index contributed by atoms with van der Waals surface area (Å²) in [6.45, 7) is 5.01. The number of carboxylic acids is 1. The van der Waals surface area contributed by atoms with Gasteiger partial charge in [0.25, 0.3) is 5.91 Å². The number of aliphatic hydroxyl groups excluding tert-OH is 1. The van der Waals surface area contributed by atoms with Crippen LogP contribution in [0.2, 0.25) is 0 Å². The second-order valence-corrected chi connectivity index (χ2v) is 8.58. The van der Waals surface area contributed by atoms with Gasteiger partial charge in [-0.1, -0.05) is 18.2 Å². The summed E-state index contributed by atoms with van der Waals surface area (Å²) >= 11 is 1.50. The number of fused-ring (bicyclic) bond motifs is 3. The zero-order valence-electron chi connectivity index (χ0n) is 14.1. The summed E-state index contributed by atoms with van der Waals surface area (Å²) in [6, 6.07) is 4.98. The van der Waals surface area contributed by atoms with Crippen LogP contribution in [0.25, 0.3) is 0 Å². The second kappa shape index (κ2) is 6.03. The molecular formula is C17H20N2O5S. The molecule has 1 saturated heterocycles. The summed E-state index contributed by atoms with van der Waals surface area (Å²) in [7, 11) is 0. The number of amides is 2. The molecule has 0 unspecified atom stereocenters. The Morgan fingerprint density at radius 3 is 2.56 bits per heavy atom. The van der Waals surface area contributed by atoms with E-state index in [1.54, 1.807) is 12.1 Å². The molecule has 3 N–H and O–H groups in total. The summed E-state index contributed by atoms with van der Waals surface area (Å²) in [5.41, 5.74) is 1.43. The summed E-state index contributed by atoms with van der Waals surface area (Å²) in [5, 5.41) is 20.9. The molecule has 7 nitrogen and oxygen atoms in total. The average molecular weight is 364 g/mol. The van der Waals surface area contributed by atoms with Crippen LogP contribution in [0, 0.1) is 0 Å². The number of nitrogens with zero attached hydrogens (tertiary/aromatic N) is 1. The highest BCUT2D eigenvalue weighted by Gasteiger charge is 2.57. The van der Waals surface area contributed by atoms with Gasteiger partial charge in [-0.15, -0.1) is 11.8 Å². The molecule has 0 aliphatic carbocycles. The minimum absolute atomic E-state index is 0.234. The first-order valence-corrected chi connectivity index (χ1v) is 8.84. The Morgan fingerprint density at radius 1 is 1.32 bits per heavy atom. The minimum atomic E-state index is -1.42. The predicted octanol–water partition coefficient (Wildman–Crippen LogP) is 0.985. The van der Waals surface area contributed by atoms with Crippen molar-refractivity contribution in [2.24, 2.45) is 0 Å². The van der Waals surface area contributed by atoms with E-state index >= 15 is 0 Å². The number of carbonyl (C=O) groups is 3. The number of hydrogen-bond donors (Lipinski definition) is 3. The van der Waals surface area contributed by atoms with E-state index in [1.807, 2.05) is 26.0 Å². The molecule has 2 aliphatic heterocycles. The Hall–Kier alpha value is -2.06. The van der Waals surface area contributed by atoms with E-state index in [1.165, 1.54) is 23.6 Å². The van der Waals surface area contributed by atoms with E-state index in [2.05, 4.69) is 5.32 Å². The Labute approximate surface area is 149 Å². The fraction of sp³-hybridized carbons (Fsp3) is 0.471. The fourth-order valence-corrected chi connectivity index (χ4v) is 5.01. The topological polar surface area (TPSA) is 107 Å². The number of benzene rings is 1. The second-order valence-electron chi connectivity index (χ2n) is 6.84. The Kier molecular flexibility index (Phi) is 4.28. The third-order valence-electron chi connectivity index (χ3n) is 4.59. The molecule has 0 saturated carbocycles. The van der Waals surface area contributed by atoms with Gasteiger partial charge in [-0.25, -0.2) is 4.79 Å². The molecule has 2 aliphatic rings. The first-order chi connectivity index (χ1) is 11.6. The molecule has 134 valence electrons. The van der Waals surface area contributed by atoms with Gasteiger partial charge in [-0.2, -0.15) is 0 Å². The first-order valence-electron chi connectivity index (χ1n) is 7.96. The van der Waals surface area contributed by atoms with Gasteiger partial charge >= 0.3 is 5.97 Å². The Morgan fingerprint density at radius 2 is 1.96 bits per heavy atom. The molecule has 1 aromatic carbocycles. The quantitative estimate of drug-likeness (QED) is 0.735. The molecular weight excluding hydrogens is 344 g/mol. The van der Waals surface area contributed by atoms with E-state index in [9.17, 15) is 24.6 Å². The van der Waals surface area contributed by atoms with Crippen molar-refractivity contribution in [1.29, 1.82) is 0 Å². The number of carbonyl (C=O) groups excluding carboxylic acids is 2. The molecule has 0 radical (unpaired) electrons. The highest BCUT2D eigenvalue weighted by Crippen LogP contribution is 2.56. The van der Waals surface area contributed by atoms with E-state index < -0.39 is 34.8 Å². The zero-order valence-corrected chi connectivity index (χ0v) is 14.9. The smallest absolute Gasteiger partial charge is 0.328 e. The lowest BCUT2D eigenvalue weighted by Crippen LogP contribution is -2.57. The highest BCUT2D eigenvalue weighted by atomic mass is 32.2. The maximum Gasteiger partial charge on any atom is 0.328 e. The number of carboxylic acid groups (broad SMARTS) is 1. The molecule has 25 heavy (non-hydrogen) atoms. The Bertz CT molecular complexity index is 748. The summed E-state index contributed by atoms with van der Waals surface area (Å²) < 4.78 is -0.598. The van der Waals surface area contributed by atoms with Crippen LogP contribution in [0.3, 0.4) is 0 Å². The van der Waals surface area contributed by atoms with Crippen molar-refractivity contribution in [2.45, 2.75) is 49.1 Å². The van der Waals surface area contributed by atoms with Crippen molar-refractivity contribution in [3.63, 3.8) is 0 Å². The van der Waals surface area contributed by atoms with Crippen LogP contribution in [0.1, 0.15) is 42.1 Å². The van der Waals surface area contributed by atoms with Crippen molar-refractivity contribution in [3.05, 3.63) is 35.4 Å².